The Morgan fingerprint density at radius 3 is 2.57 bits per heavy atom. The average molecular weight is 312 g/mol. The third-order valence-electron chi connectivity index (χ3n) is 4.38. The molecule has 6 nitrogen and oxygen atoms in total. The van der Waals surface area contributed by atoms with Gasteiger partial charge >= 0.3 is 0 Å². The zero-order valence-corrected chi connectivity index (χ0v) is 12.4. The Morgan fingerprint density at radius 1 is 1.29 bits per heavy atom. The molecule has 1 atom stereocenters. The molecule has 0 aliphatic carbocycles. The second kappa shape index (κ2) is 5.99. The number of halogens is 1. The van der Waals surface area contributed by atoms with E-state index >= 15 is 0 Å². The molecule has 2 saturated heterocycles. The molecule has 1 spiro atoms. The summed E-state index contributed by atoms with van der Waals surface area (Å²) in [5.41, 5.74) is 0.786. The van der Waals surface area contributed by atoms with Crippen molar-refractivity contribution in [2.75, 3.05) is 26.2 Å². The third kappa shape index (κ3) is 3.01. The number of benzene rings is 1. The summed E-state index contributed by atoms with van der Waals surface area (Å²) >= 11 is 0. The van der Waals surface area contributed by atoms with Crippen LogP contribution in [0.5, 0.6) is 0 Å². The minimum absolute atomic E-state index is 0. The number of hydrogen-bond donors (Lipinski definition) is 1. The van der Waals surface area contributed by atoms with Crippen LogP contribution in [0.25, 0.3) is 0 Å². The fraction of sp³-hybridized carbons (Fsp3) is 0.500. The molecule has 1 aromatic rings. The van der Waals surface area contributed by atoms with Gasteiger partial charge < -0.3 is 10.2 Å². The Labute approximate surface area is 129 Å². The van der Waals surface area contributed by atoms with Gasteiger partial charge in [0.15, 0.2) is 0 Å². The van der Waals surface area contributed by atoms with Crippen LogP contribution in [0.4, 0.5) is 5.69 Å². The number of non-ortho nitro benzene ring substituents is 1. The normalized spacial score (nSPS) is 24.1. The van der Waals surface area contributed by atoms with Crippen LogP contribution in [0, 0.1) is 15.5 Å². The number of hydrogen-bond acceptors (Lipinski definition) is 4. The summed E-state index contributed by atoms with van der Waals surface area (Å²) in [6, 6.07) is 5.85. The van der Waals surface area contributed by atoms with E-state index in [1.54, 1.807) is 12.1 Å². The van der Waals surface area contributed by atoms with Gasteiger partial charge in [0.25, 0.3) is 11.6 Å². The van der Waals surface area contributed by atoms with Gasteiger partial charge in [-0.05, 0) is 31.5 Å². The third-order valence-corrected chi connectivity index (χ3v) is 4.38. The molecule has 0 aromatic heterocycles. The highest BCUT2D eigenvalue weighted by molar-refractivity contribution is 5.94. The number of nitro groups is 1. The maximum absolute atomic E-state index is 12.4. The van der Waals surface area contributed by atoms with Gasteiger partial charge in [-0.1, -0.05) is 0 Å². The first kappa shape index (κ1) is 15.7. The Morgan fingerprint density at radius 2 is 2.00 bits per heavy atom. The van der Waals surface area contributed by atoms with E-state index in [2.05, 4.69) is 5.32 Å². The smallest absolute Gasteiger partial charge is 0.269 e. The second-order valence-electron chi connectivity index (χ2n) is 5.71. The van der Waals surface area contributed by atoms with E-state index in [9.17, 15) is 14.9 Å². The van der Waals surface area contributed by atoms with Gasteiger partial charge in [0.2, 0.25) is 0 Å². The van der Waals surface area contributed by atoms with Crippen molar-refractivity contribution in [3.63, 3.8) is 0 Å². The molecule has 2 aliphatic heterocycles. The van der Waals surface area contributed by atoms with Gasteiger partial charge in [0, 0.05) is 42.7 Å². The summed E-state index contributed by atoms with van der Waals surface area (Å²) in [6.45, 7) is 3.57. The molecule has 0 saturated carbocycles. The van der Waals surface area contributed by atoms with E-state index in [0.29, 0.717) is 5.56 Å². The number of nitrogens with zero attached hydrogens (tertiary/aromatic N) is 2. The van der Waals surface area contributed by atoms with Crippen LogP contribution < -0.4 is 5.32 Å². The van der Waals surface area contributed by atoms with Crippen molar-refractivity contribution in [2.24, 2.45) is 5.41 Å². The van der Waals surface area contributed by atoms with E-state index in [1.807, 2.05) is 4.90 Å². The summed E-state index contributed by atoms with van der Waals surface area (Å²) in [7, 11) is 0. The molecular weight excluding hydrogens is 294 g/mol. The molecule has 2 heterocycles. The molecule has 1 N–H and O–H groups in total. The van der Waals surface area contributed by atoms with Gasteiger partial charge in [0.05, 0.1) is 4.92 Å². The van der Waals surface area contributed by atoms with Gasteiger partial charge in [-0.2, -0.15) is 0 Å². The van der Waals surface area contributed by atoms with Gasteiger partial charge in [-0.15, -0.1) is 12.4 Å². The highest BCUT2D eigenvalue weighted by Gasteiger charge is 2.41. The lowest BCUT2D eigenvalue weighted by molar-refractivity contribution is -0.384. The lowest BCUT2D eigenvalue weighted by Gasteiger charge is -2.22. The van der Waals surface area contributed by atoms with Crippen molar-refractivity contribution in [1.82, 2.24) is 10.2 Å². The lowest BCUT2D eigenvalue weighted by Crippen LogP contribution is -2.33. The Kier molecular flexibility index (Phi) is 4.49. The monoisotopic (exact) mass is 311 g/mol. The number of amides is 1. The van der Waals surface area contributed by atoms with Crippen molar-refractivity contribution in [3.8, 4) is 0 Å². The predicted molar refractivity (Wildman–Crippen MR) is 80.8 cm³/mol. The summed E-state index contributed by atoms with van der Waals surface area (Å²) in [5.74, 6) is -0.0244. The second-order valence-corrected chi connectivity index (χ2v) is 5.71. The molecule has 3 rings (SSSR count). The Hall–Kier alpha value is -1.66. The fourth-order valence-corrected chi connectivity index (χ4v) is 3.16. The van der Waals surface area contributed by atoms with Crippen molar-refractivity contribution in [1.29, 1.82) is 0 Å². The van der Waals surface area contributed by atoms with Crippen molar-refractivity contribution >= 4 is 24.0 Å². The van der Waals surface area contributed by atoms with Crippen molar-refractivity contribution in [3.05, 3.63) is 39.9 Å². The minimum atomic E-state index is -0.455. The van der Waals surface area contributed by atoms with Gasteiger partial charge in [-0.3, -0.25) is 14.9 Å². The first-order valence-electron chi connectivity index (χ1n) is 6.84. The molecule has 0 bridgehead atoms. The first-order chi connectivity index (χ1) is 9.60. The molecule has 21 heavy (non-hydrogen) atoms. The standard InChI is InChI=1S/C14H17N3O3.ClH/c18-13(11-1-3-12(4-2-11)17(19)20)16-8-6-14(10-16)5-7-15-9-14;/h1-4,15H,5-10H2;1H. The van der Waals surface area contributed by atoms with Gasteiger partial charge in [0.1, 0.15) is 0 Å². The van der Waals surface area contributed by atoms with Crippen LogP contribution in [-0.2, 0) is 0 Å². The van der Waals surface area contributed by atoms with Crippen LogP contribution in [0.3, 0.4) is 0 Å². The molecule has 7 heteroatoms. The summed E-state index contributed by atoms with van der Waals surface area (Å²) in [4.78, 5) is 24.4. The molecule has 2 aliphatic rings. The molecule has 0 radical (unpaired) electrons. The first-order valence-corrected chi connectivity index (χ1v) is 6.84. The van der Waals surface area contributed by atoms with Crippen LogP contribution in [0.2, 0.25) is 0 Å². The van der Waals surface area contributed by atoms with Crippen molar-refractivity contribution < 1.29 is 9.72 Å². The molecule has 1 amide bonds. The summed E-state index contributed by atoms with van der Waals surface area (Å²) in [6.07, 6.45) is 2.16. The maximum atomic E-state index is 12.4. The molecule has 114 valence electrons. The number of nitrogens with one attached hydrogen (secondary N) is 1. The SMILES string of the molecule is Cl.O=C(c1ccc([N+](=O)[O-])cc1)N1CCC2(CCNC2)C1. The molecular formula is C14H18ClN3O3. The predicted octanol–water partition coefficient (Wildman–Crippen LogP) is 1.84. The lowest BCUT2D eigenvalue weighted by atomic mass is 9.86. The van der Waals surface area contributed by atoms with Crippen LogP contribution in [0.15, 0.2) is 24.3 Å². The molecule has 1 aromatic carbocycles. The average Bonchev–Trinajstić information content (AvgIpc) is 3.09. The van der Waals surface area contributed by atoms with E-state index in [4.69, 9.17) is 0 Å². The van der Waals surface area contributed by atoms with Gasteiger partial charge in [-0.25, -0.2) is 0 Å². The molecule has 1 unspecified atom stereocenters. The maximum Gasteiger partial charge on any atom is 0.269 e. The van der Waals surface area contributed by atoms with E-state index in [-0.39, 0.29) is 29.4 Å². The molecule has 2 fully saturated rings. The van der Waals surface area contributed by atoms with E-state index in [0.717, 1.165) is 39.0 Å². The fourth-order valence-electron chi connectivity index (χ4n) is 3.16. The largest absolute Gasteiger partial charge is 0.338 e. The van der Waals surface area contributed by atoms with Crippen LogP contribution in [0.1, 0.15) is 23.2 Å². The van der Waals surface area contributed by atoms with Crippen molar-refractivity contribution in [2.45, 2.75) is 12.8 Å². The number of nitro benzene ring substituents is 1. The van der Waals surface area contributed by atoms with E-state index in [1.165, 1.54) is 12.1 Å². The summed E-state index contributed by atoms with van der Waals surface area (Å²) in [5, 5.41) is 14.0. The van der Waals surface area contributed by atoms with Crippen LogP contribution in [-0.4, -0.2) is 41.9 Å². The Bertz CT molecular complexity index is 541. The minimum Gasteiger partial charge on any atom is -0.338 e. The zero-order chi connectivity index (χ0) is 14.2. The quantitative estimate of drug-likeness (QED) is 0.668. The number of likely N-dealkylation sites (tertiary alicyclic amines) is 1. The highest BCUT2D eigenvalue weighted by atomic mass is 35.5. The Balaban J connectivity index is 0.00000161. The number of carbonyl (C=O) groups excluding carboxylic acids is 1. The topological polar surface area (TPSA) is 75.5 Å². The summed E-state index contributed by atoms with van der Waals surface area (Å²) < 4.78 is 0. The number of rotatable bonds is 2. The van der Waals surface area contributed by atoms with E-state index < -0.39 is 4.92 Å². The highest BCUT2D eigenvalue weighted by Crippen LogP contribution is 2.36. The van der Waals surface area contributed by atoms with Crippen LogP contribution >= 0.6 is 12.4 Å². The number of carbonyl (C=O) groups is 1. The zero-order valence-electron chi connectivity index (χ0n) is 11.6.